The van der Waals surface area contributed by atoms with Gasteiger partial charge in [-0.05, 0) is 49.4 Å². The van der Waals surface area contributed by atoms with Gasteiger partial charge in [-0.2, -0.15) is 5.10 Å². The molecule has 0 saturated carbocycles. The second kappa shape index (κ2) is 8.90. The number of hydrogen-bond acceptors (Lipinski definition) is 4. The molecule has 1 aromatic carbocycles. The highest BCUT2D eigenvalue weighted by Crippen LogP contribution is 2.32. The molecule has 4 rings (SSSR count). The molecule has 0 N–H and O–H groups in total. The van der Waals surface area contributed by atoms with Crippen molar-refractivity contribution in [3.05, 3.63) is 47.8 Å². The highest BCUT2D eigenvalue weighted by molar-refractivity contribution is 5.78. The normalized spacial score (nSPS) is 21.5. The number of amides is 2. The minimum absolute atomic E-state index is 0.181. The number of carbonyl (C=O) groups excluding carboxylic acids is 2. The van der Waals surface area contributed by atoms with Crippen LogP contribution in [0.4, 0.5) is 0 Å². The fraction of sp³-hybridized carbons (Fsp3) is 0.522. The molecular formula is C23H30N4O3. The number of ether oxygens (including phenoxy) is 1. The molecule has 0 unspecified atom stereocenters. The summed E-state index contributed by atoms with van der Waals surface area (Å²) >= 11 is 0. The van der Waals surface area contributed by atoms with Gasteiger partial charge >= 0.3 is 0 Å². The van der Waals surface area contributed by atoms with Gasteiger partial charge < -0.3 is 14.5 Å². The quantitative estimate of drug-likeness (QED) is 0.734. The fourth-order valence-electron chi connectivity index (χ4n) is 4.67. The van der Waals surface area contributed by atoms with Crippen LogP contribution in [0.25, 0.3) is 0 Å². The summed E-state index contributed by atoms with van der Waals surface area (Å²) in [5.41, 5.74) is 2.07. The van der Waals surface area contributed by atoms with Crippen LogP contribution in [0.2, 0.25) is 0 Å². The van der Waals surface area contributed by atoms with Crippen molar-refractivity contribution in [2.45, 2.75) is 51.7 Å². The summed E-state index contributed by atoms with van der Waals surface area (Å²) in [5.74, 6) is 1.57. The fourth-order valence-corrected chi connectivity index (χ4v) is 4.67. The third-order valence-electron chi connectivity index (χ3n) is 6.34. The standard InChI is InChI=1S/C23H30N4O3/c1-17-9-13-26(24-17)14-11-22(28)25-12-10-21-19(16-25)5-8-23(29)27(21)15-18-3-6-20(30-2)7-4-18/h3-4,6-7,9,13,19,21H,5,8,10-12,14-16H2,1-2H3/t19-,21+/m1/s1. The van der Waals surface area contributed by atoms with Gasteiger partial charge in [0.05, 0.1) is 12.8 Å². The summed E-state index contributed by atoms with van der Waals surface area (Å²) in [6, 6.07) is 10.1. The van der Waals surface area contributed by atoms with Crippen LogP contribution < -0.4 is 4.74 Å². The molecule has 0 radical (unpaired) electrons. The van der Waals surface area contributed by atoms with Crippen LogP contribution >= 0.6 is 0 Å². The Kier molecular flexibility index (Phi) is 6.06. The van der Waals surface area contributed by atoms with E-state index in [9.17, 15) is 9.59 Å². The number of fused-ring (bicyclic) bond motifs is 1. The first-order valence-corrected chi connectivity index (χ1v) is 10.7. The highest BCUT2D eigenvalue weighted by Gasteiger charge is 2.40. The van der Waals surface area contributed by atoms with Gasteiger partial charge in [-0.15, -0.1) is 0 Å². The summed E-state index contributed by atoms with van der Waals surface area (Å²) in [6.45, 7) is 4.64. The number of piperidine rings is 2. The van der Waals surface area contributed by atoms with Crippen molar-refractivity contribution in [2.24, 2.45) is 5.92 Å². The van der Waals surface area contributed by atoms with E-state index in [2.05, 4.69) is 5.10 Å². The van der Waals surface area contributed by atoms with Crippen molar-refractivity contribution in [2.75, 3.05) is 20.2 Å². The average Bonchev–Trinajstić information content (AvgIpc) is 3.19. The lowest BCUT2D eigenvalue weighted by Gasteiger charge is -2.47. The number of likely N-dealkylation sites (tertiary alicyclic amines) is 2. The van der Waals surface area contributed by atoms with Crippen LogP contribution in [0.3, 0.4) is 0 Å². The molecule has 0 aliphatic carbocycles. The first-order chi connectivity index (χ1) is 14.5. The number of aromatic nitrogens is 2. The minimum Gasteiger partial charge on any atom is -0.497 e. The Bertz CT molecular complexity index is 892. The van der Waals surface area contributed by atoms with Crippen LogP contribution in [-0.4, -0.2) is 57.6 Å². The minimum atomic E-state index is 0.181. The smallest absolute Gasteiger partial charge is 0.224 e. The third-order valence-corrected chi connectivity index (χ3v) is 6.34. The zero-order valence-electron chi connectivity index (χ0n) is 17.8. The SMILES string of the molecule is COc1ccc(CN2C(=O)CC[C@@H]3CN(C(=O)CCn4ccc(C)n4)CC[C@@H]32)cc1. The van der Waals surface area contributed by atoms with Gasteiger partial charge in [0, 0.05) is 51.3 Å². The zero-order chi connectivity index (χ0) is 21.1. The molecular weight excluding hydrogens is 380 g/mol. The van der Waals surface area contributed by atoms with E-state index in [4.69, 9.17) is 4.74 Å². The van der Waals surface area contributed by atoms with Crippen LogP contribution in [-0.2, 0) is 22.7 Å². The van der Waals surface area contributed by atoms with Gasteiger partial charge in [-0.3, -0.25) is 14.3 Å². The molecule has 0 spiro atoms. The molecule has 1 aromatic heterocycles. The van der Waals surface area contributed by atoms with Gasteiger partial charge in [-0.1, -0.05) is 12.1 Å². The van der Waals surface area contributed by atoms with Gasteiger partial charge in [-0.25, -0.2) is 0 Å². The number of aryl methyl sites for hydroxylation is 2. The highest BCUT2D eigenvalue weighted by atomic mass is 16.5. The summed E-state index contributed by atoms with van der Waals surface area (Å²) in [5, 5.41) is 4.36. The molecule has 2 aromatic rings. The van der Waals surface area contributed by atoms with E-state index in [1.54, 1.807) is 7.11 Å². The molecule has 7 nitrogen and oxygen atoms in total. The van der Waals surface area contributed by atoms with E-state index in [1.807, 2.05) is 57.9 Å². The van der Waals surface area contributed by atoms with Gasteiger partial charge in [0.1, 0.15) is 5.75 Å². The zero-order valence-corrected chi connectivity index (χ0v) is 17.8. The molecule has 2 aliphatic rings. The molecule has 30 heavy (non-hydrogen) atoms. The maximum atomic E-state index is 12.7. The summed E-state index contributed by atoms with van der Waals surface area (Å²) in [6.07, 6.45) is 4.65. The van der Waals surface area contributed by atoms with Crippen LogP contribution in [0, 0.1) is 12.8 Å². The number of hydrogen-bond donors (Lipinski definition) is 0. The predicted octanol–water partition coefficient (Wildman–Crippen LogP) is 2.63. The van der Waals surface area contributed by atoms with Crippen molar-refractivity contribution in [3.8, 4) is 5.75 Å². The van der Waals surface area contributed by atoms with E-state index >= 15 is 0 Å². The second-order valence-corrected chi connectivity index (χ2v) is 8.33. The van der Waals surface area contributed by atoms with Crippen LogP contribution in [0.15, 0.2) is 36.5 Å². The molecule has 160 valence electrons. The summed E-state index contributed by atoms with van der Waals surface area (Å²) in [7, 11) is 1.65. The van der Waals surface area contributed by atoms with E-state index < -0.39 is 0 Å². The maximum Gasteiger partial charge on any atom is 0.224 e. The van der Waals surface area contributed by atoms with E-state index in [1.165, 1.54) is 0 Å². The molecule has 0 bridgehead atoms. The number of rotatable bonds is 6. The number of methoxy groups -OCH3 is 1. The topological polar surface area (TPSA) is 67.7 Å². The first kappa shape index (κ1) is 20.4. The third kappa shape index (κ3) is 4.50. The van der Waals surface area contributed by atoms with Gasteiger partial charge in [0.25, 0.3) is 0 Å². The predicted molar refractivity (Wildman–Crippen MR) is 113 cm³/mol. The van der Waals surface area contributed by atoms with Crippen molar-refractivity contribution < 1.29 is 14.3 Å². The number of benzene rings is 1. The van der Waals surface area contributed by atoms with Gasteiger partial charge in [0.2, 0.25) is 11.8 Å². The number of carbonyl (C=O) groups is 2. The van der Waals surface area contributed by atoms with Crippen molar-refractivity contribution in [3.63, 3.8) is 0 Å². The van der Waals surface area contributed by atoms with E-state index in [0.717, 1.165) is 36.4 Å². The largest absolute Gasteiger partial charge is 0.497 e. The first-order valence-electron chi connectivity index (χ1n) is 10.7. The Morgan fingerprint density at radius 1 is 1.20 bits per heavy atom. The monoisotopic (exact) mass is 410 g/mol. The summed E-state index contributed by atoms with van der Waals surface area (Å²) < 4.78 is 7.06. The Balaban J connectivity index is 1.35. The Morgan fingerprint density at radius 3 is 2.70 bits per heavy atom. The van der Waals surface area contributed by atoms with Gasteiger partial charge in [0.15, 0.2) is 0 Å². The number of nitrogens with zero attached hydrogens (tertiary/aromatic N) is 4. The lowest BCUT2D eigenvalue weighted by Crippen LogP contribution is -2.56. The second-order valence-electron chi connectivity index (χ2n) is 8.33. The average molecular weight is 411 g/mol. The molecule has 2 amide bonds. The lowest BCUT2D eigenvalue weighted by atomic mass is 9.83. The molecule has 2 atom stereocenters. The summed E-state index contributed by atoms with van der Waals surface area (Å²) in [4.78, 5) is 29.4. The Morgan fingerprint density at radius 2 is 2.00 bits per heavy atom. The Labute approximate surface area is 177 Å². The van der Waals surface area contributed by atoms with Crippen LogP contribution in [0.5, 0.6) is 5.75 Å². The maximum absolute atomic E-state index is 12.7. The molecule has 7 heteroatoms. The lowest BCUT2D eigenvalue weighted by molar-refractivity contribution is -0.145. The molecule has 2 fully saturated rings. The Hall–Kier alpha value is -2.83. The van der Waals surface area contributed by atoms with E-state index in [-0.39, 0.29) is 17.9 Å². The van der Waals surface area contributed by atoms with Crippen molar-refractivity contribution in [1.82, 2.24) is 19.6 Å². The molecule has 2 saturated heterocycles. The van der Waals surface area contributed by atoms with Crippen molar-refractivity contribution >= 4 is 11.8 Å². The molecule has 2 aliphatic heterocycles. The van der Waals surface area contributed by atoms with Crippen LogP contribution in [0.1, 0.15) is 36.9 Å². The van der Waals surface area contributed by atoms with E-state index in [0.29, 0.717) is 38.4 Å². The molecule has 3 heterocycles. The van der Waals surface area contributed by atoms with Crippen molar-refractivity contribution in [1.29, 1.82) is 0 Å².